The van der Waals surface area contributed by atoms with Crippen molar-refractivity contribution >= 4 is 11.8 Å². The van der Waals surface area contributed by atoms with Crippen LogP contribution in [0.3, 0.4) is 0 Å². The fourth-order valence-corrected chi connectivity index (χ4v) is 2.03. The summed E-state index contributed by atoms with van der Waals surface area (Å²) >= 11 is 0. The van der Waals surface area contributed by atoms with Crippen LogP contribution in [0.4, 0.5) is 4.39 Å². The van der Waals surface area contributed by atoms with Crippen LogP contribution in [0.15, 0.2) is 42.5 Å². The minimum Gasteiger partial charge on any atom is -0.488 e. The van der Waals surface area contributed by atoms with E-state index in [1.165, 1.54) is 25.1 Å². The first-order valence-electron chi connectivity index (χ1n) is 7.20. The molecule has 0 unspecified atom stereocenters. The third-order valence-electron chi connectivity index (χ3n) is 3.16. The highest BCUT2D eigenvalue weighted by Gasteiger charge is 2.16. The Bertz CT molecular complexity index is 725. The highest BCUT2D eigenvalue weighted by atomic mass is 19.1. The number of rotatable bonds is 6. The molecule has 0 fully saturated rings. The number of benzene rings is 2. The highest BCUT2D eigenvalue weighted by Crippen LogP contribution is 2.23. The predicted molar refractivity (Wildman–Crippen MR) is 83.1 cm³/mol. The number of ketones is 1. The lowest BCUT2D eigenvalue weighted by Crippen LogP contribution is -2.09. The molecule has 4 nitrogen and oxygen atoms in total. The van der Waals surface area contributed by atoms with E-state index in [4.69, 9.17) is 9.47 Å². The summed E-state index contributed by atoms with van der Waals surface area (Å²) in [6.07, 6.45) is 0. The molecule has 5 heteroatoms. The average molecular weight is 316 g/mol. The molecule has 2 rings (SSSR count). The van der Waals surface area contributed by atoms with Crippen molar-refractivity contribution in [3.8, 4) is 5.75 Å². The third kappa shape index (κ3) is 4.39. The van der Waals surface area contributed by atoms with E-state index in [1.807, 2.05) is 0 Å². The Morgan fingerprint density at radius 3 is 2.57 bits per heavy atom. The molecule has 0 radical (unpaired) electrons. The molecule has 0 aliphatic carbocycles. The van der Waals surface area contributed by atoms with Crippen molar-refractivity contribution < 1.29 is 23.5 Å². The zero-order valence-electron chi connectivity index (χ0n) is 13.0. The molecule has 0 spiro atoms. The van der Waals surface area contributed by atoms with E-state index in [0.29, 0.717) is 11.1 Å². The standard InChI is InChI=1S/C18H17FO4/c1-3-22-18(21)16-10-14(12(2)20)7-8-17(16)23-11-13-5-4-6-15(19)9-13/h4-10H,3,11H2,1-2H3. The first kappa shape index (κ1) is 16.7. The van der Waals surface area contributed by atoms with E-state index in [-0.39, 0.29) is 36.1 Å². The molecule has 0 bridgehead atoms. The predicted octanol–water partition coefficient (Wildman–Crippen LogP) is 3.78. The minimum atomic E-state index is -0.565. The van der Waals surface area contributed by atoms with Crippen LogP contribution in [0, 0.1) is 5.82 Å². The summed E-state index contributed by atoms with van der Waals surface area (Å²) in [6.45, 7) is 3.42. The molecule has 0 atom stereocenters. The Hall–Kier alpha value is -2.69. The maximum atomic E-state index is 13.2. The largest absolute Gasteiger partial charge is 0.488 e. The summed E-state index contributed by atoms with van der Waals surface area (Å²) in [6, 6.07) is 10.6. The summed E-state index contributed by atoms with van der Waals surface area (Å²) in [4.78, 5) is 23.5. The topological polar surface area (TPSA) is 52.6 Å². The van der Waals surface area contributed by atoms with Crippen molar-refractivity contribution in [3.63, 3.8) is 0 Å². The molecule has 0 saturated heterocycles. The zero-order chi connectivity index (χ0) is 16.8. The number of Topliss-reactive ketones (excluding diaryl/α,β-unsaturated/α-hetero) is 1. The van der Waals surface area contributed by atoms with Crippen LogP contribution in [-0.2, 0) is 11.3 Å². The van der Waals surface area contributed by atoms with E-state index in [2.05, 4.69) is 0 Å². The maximum Gasteiger partial charge on any atom is 0.341 e. The Morgan fingerprint density at radius 1 is 1.13 bits per heavy atom. The number of carbonyl (C=O) groups excluding carboxylic acids is 2. The molecule has 0 aliphatic rings. The molecule has 23 heavy (non-hydrogen) atoms. The number of carbonyl (C=O) groups is 2. The zero-order valence-corrected chi connectivity index (χ0v) is 13.0. The monoisotopic (exact) mass is 316 g/mol. The third-order valence-corrected chi connectivity index (χ3v) is 3.16. The molecule has 0 aromatic heterocycles. The van der Waals surface area contributed by atoms with Gasteiger partial charge in [-0.3, -0.25) is 4.79 Å². The summed E-state index contributed by atoms with van der Waals surface area (Å²) in [5.74, 6) is -0.793. The van der Waals surface area contributed by atoms with Crippen molar-refractivity contribution in [1.29, 1.82) is 0 Å². The van der Waals surface area contributed by atoms with Crippen LogP contribution in [0.5, 0.6) is 5.75 Å². The first-order chi connectivity index (χ1) is 11.0. The molecule has 2 aromatic carbocycles. The van der Waals surface area contributed by atoms with Gasteiger partial charge in [-0.25, -0.2) is 9.18 Å². The van der Waals surface area contributed by atoms with Gasteiger partial charge in [0.15, 0.2) is 5.78 Å². The quantitative estimate of drug-likeness (QED) is 0.601. The van der Waals surface area contributed by atoms with E-state index in [9.17, 15) is 14.0 Å². The van der Waals surface area contributed by atoms with Crippen LogP contribution >= 0.6 is 0 Å². The molecule has 0 saturated carbocycles. The van der Waals surface area contributed by atoms with Gasteiger partial charge in [-0.15, -0.1) is 0 Å². The van der Waals surface area contributed by atoms with E-state index in [0.717, 1.165) is 0 Å². The van der Waals surface area contributed by atoms with Gasteiger partial charge in [-0.1, -0.05) is 12.1 Å². The normalized spacial score (nSPS) is 10.2. The Labute approximate surface area is 133 Å². The lowest BCUT2D eigenvalue weighted by atomic mass is 10.1. The van der Waals surface area contributed by atoms with E-state index in [1.54, 1.807) is 31.2 Å². The number of halogens is 1. The summed E-state index contributed by atoms with van der Waals surface area (Å²) in [7, 11) is 0. The van der Waals surface area contributed by atoms with Crippen LogP contribution in [0.25, 0.3) is 0 Å². The van der Waals surface area contributed by atoms with Gasteiger partial charge in [0.1, 0.15) is 23.7 Å². The molecule has 2 aromatic rings. The van der Waals surface area contributed by atoms with Gasteiger partial charge in [0.2, 0.25) is 0 Å². The lowest BCUT2D eigenvalue weighted by molar-refractivity contribution is 0.0521. The summed E-state index contributed by atoms with van der Waals surface area (Å²) < 4.78 is 23.8. The van der Waals surface area contributed by atoms with Gasteiger partial charge in [0.25, 0.3) is 0 Å². The number of hydrogen-bond donors (Lipinski definition) is 0. The van der Waals surface area contributed by atoms with Crippen LogP contribution in [0.1, 0.15) is 40.1 Å². The first-order valence-corrected chi connectivity index (χ1v) is 7.20. The molecule has 0 amide bonds. The smallest absolute Gasteiger partial charge is 0.341 e. The van der Waals surface area contributed by atoms with E-state index < -0.39 is 5.97 Å². The molecule has 0 N–H and O–H groups in total. The molecule has 0 heterocycles. The van der Waals surface area contributed by atoms with Crippen molar-refractivity contribution in [2.75, 3.05) is 6.61 Å². The molecule has 0 aliphatic heterocycles. The van der Waals surface area contributed by atoms with Gasteiger partial charge in [0.05, 0.1) is 6.61 Å². The Kier molecular flexibility index (Phi) is 5.46. The van der Waals surface area contributed by atoms with Crippen LogP contribution in [0.2, 0.25) is 0 Å². The summed E-state index contributed by atoms with van der Waals surface area (Å²) in [5.41, 5.74) is 1.21. The Balaban J connectivity index is 2.25. The second-order valence-electron chi connectivity index (χ2n) is 4.91. The van der Waals surface area contributed by atoms with Gasteiger partial charge in [-0.2, -0.15) is 0 Å². The minimum absolute atomic E-state index is 0.101. The lowest BCUT2D eigenvalue weighted by Gasteiger charge is -2.12. The second-order valence-corrected chi connectivity index (χ2v) is 4.91. The van der Waals surface area contributed by atoms with Crippen LogP contribution in [-0.4, -0.2) is 18.4 Å². The Morgan fingerprint density at radius 2 is 1.91 bits per heavy atom. The fourth-order valence-electron chi connectivity index (χ4n) is 2.03. The fraction of sp³-hybridized carbons (Fsp3) is 0.222. The number of hydrogen-bond acceptors (Lipinski definition) is 4. The van der Waals surface area contributed by atoms with Gasteiger partial charge in [0, 0.05) is 5.56 Å². The van der Waals surface area contributed by atoms with Crippen molar-refractivity contribution in [1.82, 2.24) is 0 Å². The van der Waals surface area contributed by atoms with Gasteiger partial charge >= 0.3 is 5.97 Å². The molecule has 120 valence electrons. The molecular weight excluding hydrogens is 299 g/mol. The van der Waals surface area contributed by atoms with Crippen molar-refractivity contribution in [2.24, 2.45) is 0 Å². The average Bonchev–Trinajstić information content (AvgIpc) is 2.53. The molecular formula is C18H17FO4. The van der Waals surface area contributed by atoms with E-state index >= 15 is 0 Å². The van der Waals surface area contributed by atoms with Gasteiger partial charge in [-0.05, 0) is 49.7 Å². The SMILES string of the molecule is CCOC(=O)c1cc(C(C)=O)ccc1OCc1cccc(F)c1. The number of ether oxygens (including phenoxy) is 2. The summed E-state index contributed by atoms with van der Waals surface area (Å²) in [5, 5.41) is 0. The second kappa shape index (κ2) is 7.54. The van der Waals surface area contributed by atoms with Crippen molar-refractivity contribution in [2.45, 2.75) is 20.5 Å². The van der Waals surface area contributed by atoms with Crippen molar-refractivity contribution in [3.05, 3.63) is 65.0 Å². The van der Waals surface area contributed by atoms with Crippen LogP contribution < -0.4 is 4.74 Å². The number of esters is 1. The van der Waals surface area contributed by atoms with Gasteiger partial charge < -0.3 is 9.47 Å². The highest BCUT2D eigenvalue weighted by molar-refractivity contribution is 5.99. The maximum absolute atomic E-state index is 13.2.